The largest absolute Gasteiger partial charge is 0.481 e. The Labute approximate surface area is 89.8 Å². The molecule has 2 saturated heterocycles. The Morgan fingerprint density at radius 1 is 1.20 bits per heavy atom. The summed E-state index contributed by atoms with van der Waals surface area (Å²) in [5.41, 5.74) is 0. The lowest BCUT2D eigenvalue weighted by Gasteiger charge is -2.44. The van der Waals surface area contributed by atoms with E-state index in [4.69, 9.17) is 5.11 Å². The van der Waals surface area contributed by atoms with Crippen molar-refractivity contribution in [2.45, 2.75) is 18.9 Å². The maximum absolute atomic E-state index is 10.4. The van der Waals surface area contributed by atoms with Crippen molar-refractivity contribution in [1.29, 1.82) is 0 Å². The van der Waals surface area contributed by atoms with Crippen LogP contribution in [0.4, 0.5) is 0 Å². The van der Waals surface area contributed by atoms with E-state index in [1.54, 1.807) is 0 Å². The Bertz CT molecular complexity index is 266. The van der Waals surface area contributed by atoms with Crippen LogP contribution in [0, 0.1) is 11.8 Å². The number of hydrogen-bond acceptors (Lipinski definition) is 3. The summed E-state index contributed by atoms with van der Waals surface area (Å²) >= 11 is 0. The van der Waals surface area contributed by atoms with Crippen LogP contribution in [0.1, 0.15) is 12.8 Å². The van der Waals surface area contributed by atoms with Crippen LogP contribution in [0.3, 0.4) is 0 Å². The second-order valence-corrected chi connectivity index (χ2v) is 5.27. The van der Waals surface area contributed by atoms with Gasteiger partial charge in [0.15, 0.2) is 0 Å². The Morgan fingerprint density at radius 2 is 1.87 bits per heavy atom. The molecule has 3 fully saturated rings. The first-order valence-electron chi connectivity index (χ1n) is 5.90. The SMILES string of the molecule is O=C(O)CCN1CC(N2CC3CC3C2)C1. The van der Waals surface area contributed by atoms with Crippen LogP contribution in [-0.2, 0) is 4.79 Å². The predicted octanol–water partition coefficient (Wildman–Crippen LogP) is 0.0970. The van der Waals surface area contributed by atoms with Crippen LogP contribution < -0.4 is 0 Å². The van der Waals surface area contributed by atoms with E-state index in [1.807, 2.05) is 0 Å². The summed E-state index contributed by atoms with van der Waals surface area (Å²) in [5.74, 6) is 1.34. The average molecular weight is 210 g/mol. The van der Waals surface area contributed by atoms with Crippen molar-refractivity contribution in [2.75, 3.05) is 32.7 Å². The molecule has 0 radical (unpaired) electrons. The van der Waals surface area contributed by atoms with E-state index in [1.165, 1.54) is 19.5 Å². The zero-order valence-electron chi connectivity index (χ0n) is 8.93. The highest BCUT2D eigenvalue weighted by atomic mass is 16.4. The average Bonchev–Trinajstić information content (AvgIpc) is 2.71. The molecule has 3 rings (SSSR count). The fourth-order valence-electron chi connectivity index (χ4n) is 2.94. The van der Waals surface area contributed by atoms with Crippen molar-refractivity contribution in [3.63, 3.8) is 0 Å². The zero-order chi connectivity index (χ0) is 10.4. The molecule has 1 N–H and O–H groups in total. The Kier molecular flexibility index (Phi) is 2.21. The number of hydrogen-bond donors (Lipinski definition) is 1. The van der Waals surface area contributed by atoms with Crippen molar-refractivity contribution in [1.82, 2.24) is 9.80 Å². The van der Waals surface area contributed by atoms with Gasteiger partial charge in [0.2, 0.25) is 0 Å². The minimum absolute atomic E-state index is 0.290. The minimum atomic E-state index is -0.680. The fraction of sp³-hybridized carbons (Fsp3) is 0.909. The highest BCUT2D eigenvalue weighted by Gasteiger charge is 2.48. The first-order valence-corrected chi connectivity index (χ1v) is 5.90. The third kappa shape index (κ3) is 1.88. The maximum Gasteiger partial charge on any atom is 0.304 e. The van der Waals surface area contributed by atoms with E-state index in [0.717, 1.165) is 37.5 Å². The monoisotopic (exact) mass is 210 g/mol. The molecule has 0 spiro atoms. The lowest BCUT2D eigenvalue weighted by atomic mass is 10.1. The van der Waals surface area contributed by atoms with E-state index in [2.05, 4.69) is 9.80 Å². The van der Waals surface area contributed by atoms with Gasteiger partial charge in [-0.1, -0.05) is 0 Å². The molecule has 0 bridgehead atoms. The molecule has 2 atom stereocenters. The van der Waals surface area contributed by atoms with Crippen LogP contribution in [0.2, 0.25) is 0 Å². The number of carboxylic acid groups (broad SMARTS) is 1. The second-order valence-electron chi connectivity index (χ2n) is 5.27. The summed E-state index contributed by atoms with van der Waals surface area (Å²) in [4.78, 5) is 15.3. The standard InChI is InChI=1S/C11H18N2O2/c14-11(15)1-2-12-6-10(7-12)13-4-8-3-9(8)5-13/h8-10H,1-7H2,(H,14,15). The summed E-state index contributed by atoms with van der Waals surface area (Å²) in [6.45, 7) is 5.52. The summed E-state index contributed by atoms with van der Waals surface area (Å²) in [6, 6.07) is 0.728. The Hall–Kier alpha value is -0.610. The van der Waals surface area contributed by atoms with Crippen LogP contribution in [0.15, 0.2) is 0 Å². The van der Waals surface area contributed by atoms with E-state index < -0.39 is 5.97 Å². The molecule has 3 aliphatic rings. The molecule has 2 aliphatic heterocycles. The van der Waals surface area contributed by atoms with E-state index >= 15 is 0 Å². The molecule has 4 heteroatoms. The molecule has 0 amide bonds. The first-order chi connectivity index (χ1) is 7.22. The lowest BCUT2D eigenvalue weighted by Crippen LogP contribution is -2.59. The van der Waals surface area contributed by atoms with Gasteiger partial charge in [-0.15, -0.1) is 0 Å². The molecule has 0 aromatic heterocycles. The van der Waals surface area contributed by atoms with E-state index in [-0.39, 0.29) is 6.42 Å². The first kappa shape index (κ1) is 9.60. The van der Waals surface area contributed by atoms with Gasteiger partial charge in [-0.05, 0) is 18.3 Å². The van der Waals surface area contributed by atoms with Crippen molar-refractivity contribution < 1.29 is 9.90 Å². The van der Waals surface area contributed by atoms with Crippen molar-refractivity contribution in [3.8, 4) is 0 Å². The fourth-order valence-corrected chi connectivity index (χ4v) is 2.94. The van der Waals surface area contributed by atoms with Crippen LogP contribution in [0.5, 0.6) is 0 Å². The van der Waals surface area contributed by atoms with Crippen LogP contribution in [0.25, 0.3) is 0 Å². The number of nitrogens with zero attached hydrogens (tertiary/aromatic N) is 2. The molecule has 4 nitrogen and oxygen atoms in total. The molecule has 1 aliphatic carbocycles. The smallest absolute Gasteiger partial charge is 0.304 e. The highest BCUT2D eigenvalue weighted by molar-refractivity contribution is 5.66. The van der Waals surface area contributed by atoms with Crippen LogP contribution >= 0.6 is 0 Å². The molecular weight excluding hydrogens is 192 g/mol. The number of carboxylic acids is 1. The van der Waals surface area contributed by atoms with Crippen molar-refractivity contribution >= 4 is 5.97 Å². The van der Waals surface area contributed by atoms with Gasteiger partial charge in [0.1, 0.15) is 0 Å². The number of carbonyl (C=O) groups is 1. The van der Waals surface area contributed by atoms with E-state index in [0.29, 0.717) is 0 Å². The van der Waals surface area contributed by atoms with Gasteiger partial charge in [0, 0.05) is 38.8 Å². The van der Waals surface area contributed by atoms with Gasteiger partial charge in [0.05, 0.1) is 6.42 Å². The molecule has 2 heterocycles. The zero-order valence-corrected chi connectivity index (χ0v) is 8.93. The molecule has 0 aromatic carbocycles. The molecule has 1 saturated carbocycles. The van der Waals surface area contributed by atoms with Gasteiger partial charge < -0.3 is 5.11 Å². The number of likely N-dealkylation sites (tertiary alicyclic amines) is 2. The second kappa shape index (κ2) is 3.46. The third-order valence-corrected chi connectivity index (χ3v) is 4.10. The minimum Gasteiger partial charge on any atom is -0.481 e. The lowest BCUT2D eigenvalue weighted by molar-refractivity contribution is -0.137. The third-order valence-electron chi connectivity index (χ3n) is 4.10. The van der Waals surface area contributed by atoms with Gasteiger partial charge >= 0.3 is 5.97 Å². The van der Waals surface area contributed by atoms with E-state index in [9.17, 15) is 4.79 Å². The topological polar surface area (TPSA) is 43.8 Å². The van der Waals surface area contributed by atoms with Gasteiger partial charge in [0.25, 0.3) is 0 Å². The molecule has 0 aromatic rings. The van der Waals surface area contributed by atoms with Gasteiger partial charge in [-0.25, -0.2) is 0 Å². The van der Waals surface area contributed by atoms with Crippen LogP contribution in [-0.4, -0.2) is 59.6 Å². The summed E-state index contributed by atoms with van der Waals surface area (Å²) in [7, 11) is 0. The van der Waals surface area contributed by atoms with Crippen molar-refractivity contribution in [3.05, 3.63) is 0 Å². The molecule has 2 unspecified atom stereocenters. The Morgan fingerprint density at radius 3 is 2.47 bits per heavy atom. The molecule has 15 heavy (non-hydrogen) atoms. The summed E-state index contributed by atoms with van der Waals surface area (Å²) in [6.07, 6.45) is 1.75. The number of rotatable bonds is 4. The number of aliphatic carboxylic acids is 1. The Balaban J connectivity index is 1.37. The normalized spacial score (nSPS) is 36.3. The van der Waals surface area contributed by atoms with Gasteiger partial charge in [-0.2, -0.15) is 0 Å². The maximum atomic E-state index is 10.4. The molecule has 84 valence electrons. The number of fused-ring (bicyclic) bond motifs is 1. The highest BCUT2D eigenvalue weighted by Crippen LogP contribution is 2.46. The molecular formula is C11H18N2O2. The summed E-state index contributed by atoms with van der Waals surface area (Å²) in [5, 5.41) is 8.56. The quantitative estimate of drug-likeness (QED) is 0.714. The predicted molar refractivity (Wildman–Crippen MR) is 55.7 cm³/mol. The number of piperidine rings is 1. The van der Waals surface area contributed by atoms with Gasteiger partial charge in [-0.3, -0.25) is 14.6 Å². The van der Waals surface area contributed by atoms with Crippen molar-refractivity contribution in [2.24, 2.45) is 11.8 Å². The summed E-state index contributed by atoms with van der Waals surface area (Å²) < 4.78 is 0.